The fraction of sp³-hybridized carbons (Fsp3) is 0.444. The van der Waals surface area contributed by atoms with Crippen molar-refractivity contribution in [3.63, 3.8) is 0 Å². The first-order valence-electron chi connectivity index (χ1n) is 8.76. The smallest absolute Gasteiger partial charge is 0.344 e. The van der Waals surface area contributed by atoms with Crippen LogP contribution in [0.1, 0.15) is 26.3 Å². The molecule has 0 bridgehead atoms. The molecule has 0 spiro atoms. The van der Waals surface area contributed by atoms with Crippen molar-refractivity contribution in [1.82, 2.24) is 21.1 Å². The van der Waals surface area contributed by atoms with Crippen molar-refractivity contribution in [3.8, 4) is 0 Å². The van der Waals surface area contributed by atoms with Crippen molar-refractivity contribution >= 4 is 23.8 Å². The van der Waals surface area contributed by atoms with E-state index in [4.69, 9.17) is 0 Å². The van der Waals surface area contributed by atoms with Crippen molar-refractivity contribution in [1.29, 1.82) is 0 Å². The summed E-state index contributed by atoms with van der Waals surface area (Å²) in [5.41, 5.74) is 1.70. The number of likely N-dealkylation sites (N-methyl/N-ethyl adjacent to an activating group) is 1. The van der Waals surface area contributed by atoms with Crippen LogP contribution in [-0.4, -0.2) is 54.9 Å². The zero-order chi connectivity index (χ0) is 20.2. The number of imide groups is 1. The van der Waals surface area contributed by atoms with E-state index in [2.05, 4.69) is 16.1 Å². The Morgan fingerprint density at radius 1 is 1.15 bits per heavy atom. The molecule has 1 saturated heterocycles. The zero-order valence-corrected chi connectivity index (χ0v) is 16.0. The lowest BCUT2D eigenvalue weighted by molar-refractivity contribution is -0.862. The lowest BCUT2D eigenvalue weighted by Gasteiger charge is -2.22. The number of benzene rings is 1. The number of rotatable bonds is 7. The number of hydrogen-bond donors (Lipinski definition) is 4. The highest BCUT2D eigenvalue weighted by Gasteiger charge is 2.50. The maximum atomic E-state index is 12.7. The van der Waals surface area contributed by atoms with Gasteiger partial charge in [-0.25, -0.2) is 4.79 Å². The van der Waals surface area contributed by atoms with E-state index in [-0.39, 0.29) is 25.0 Å². The normalized spacial score (nSPS) is 20.4. The molecule has 1 aliphatic rings. The molecule has 2 atom stereocenters. The summed E-state index contributed by atoms with van der Waals surface area (Å²) in [6.07, 6.45) is 0. The molecular formula is C18H26N5O4+. The molecule has 4 N–H and O–H groups in total. The molecule has 1 fully saturated rings. The van der Waals surface area contributed by atoms with Crippen LogP contribution in [0.4, 0.5) is 4.79 Å². The van der Waals surface area contributed by atoms with Crippen LogP contribution < -0.4 is 21.0 Å². The summed E-state index contributed by atoms with van der Waals surface area (Å²) in [7, 11) is 1.68. The van der Waals surface area contributed by atoms with E-state index in [1.54, 1.807) is 38.2 Å². The summed E-state index contributed by atoms with van der Waals surface area (Å²) in [5.74, 6) is -1.28. The first-order valence-corrected chi connectivity index (χ1v) is 8.76. The predicted molar refractivity (Wildman–Crippen MR) is 97.2 cm³/mol. The van der Waals surface area contributed by atoms with Crippen molar-refractivity contribution in [2.45, 2.75) is 32.4 Å². The zero-order valence-electron chi connectivity index (χ0n) is 16.0. The van der Waals surface area contributed by atoms with Gasteiger partial charge in [-0.3, -0.25) is 19.8 Å². The van der Waals surface area contributed by atoms with E-state index in [1.807, 2.05) is 19.9 Å². The van der Waals surface area contributed by atoms with E-state index in [0.29, 0.717) is 15.5 Å². The lowest BCUT2D eigenvalue weighted by Crippen LogP contribution is -3.11. The molecule has 1 aromatic carbocycles. The molecule has 0 radical (unpaired) electrons. The van der Waals surface area contributed by atoms with Crippen LogP contribution in [-0.2, 0) is 19.9 Å². The van der Waals surface area contributed by atoms with Crippen LogP contribution in [0.15, 0.2) is 30.3 Å². The van der Waals surface area contributed by atoms with Crippen LogP contribution >= 0.6 is 0 Å². The summed E-state index contributed by atoms with van der Waals surface area (Å²) in [6, 6.07) is 8.12. The fourth-order valence-corrected chi connectivity index (χ4v) is 2.86. The van der Waals surface area contributed by atoms with Gasteiger partial charge in [-0.2, -0.15) is 5.01 Å². The van der Waals surface area contributed by atoms with E-state index < -0.39 is 23.4 Å². The van der Waals surface area contributed by atoms with Crippen LogP contribution in [0.5, 0.6) is 0 Å². The molecule has 27 heavy (non-hydrogen) atoms. The van der Waals surface area contributed by atoms with E-state index in [9.17, 15) is 19.2 Å². The third kappa shape index (κ3) is 4.82. The Morgan fingerprint density at radius 2 is 1.74 bits per heavy atom. The summed E-state index contributed by atoms with van der Waals surface area (Å²) < 4.78 is 0. The first-order chi connectivity index (χ1) is 12.6. The Balaban J connectivity index is 1.97. The Kier molecular flexibility index (Phi) is 6.17. The predicted octanol–water partition coefficient (Wildman–Crippen LogP) is -1.48. The van der Waals surface area contributed by atoms with Crippen molar-refractivity contribution in [2.24, 2.45) is 0 Å². The molecule has 9 nitrogen and oxygen atoms in total. The largest absolute Gasteiger partial charge is 0.349 e. The molecule has 0 saturated carbocycles. The number of quaternary nitrogens is 1. The van der Waals surface area contributed by atoms with Gasteiger partial charge < -0.3 is 15.5 Å². The fourth-order valence-electron chi connectivity index (χ4n) is 2.86. The van der Waals surface area contributed by atoms with Gasteiger partial charge in [0, 0.05) is 6.04 Å². The van der Waals surface area contributed by atoms with Crippen molar-refractivity contribution < 1.29 is 24.1 Å². The van der Waals surface area contributed by atoms with Crippen LogP contribution in [0.3, 0.4) is 0 Å². The second kappa shape index (κ2) is 8.17. The topological polar surface area (TPSA) is 112 Å². The van der Waals surface area contributed by atoms with Gasteiger partial charge >= 0.3 is 6.03 Å². The average molecular weight is 376 g/mol. The average Bonchev–Trinajstić information content (AvgIpc) is 2.79. The molecule has 1 aliphatic heterocycles. The molecule has 1 unspecified atom stereocenters. The third-order valence-electron chi connectivity index (χ3n) is 4.15. The highest BCUT2D eigenvalue weighted by atomic mass is 16.2. The van der Waals surface area contributed by atoms with E-state index in [1.165, 1.54) is 0 Å². The van der Waals surface area contributed by atoms with Crippen LogP contribution in [0, 0.1) is 0 Å². The molecule has 146 valence electrons. The quantitative estimate of drug-likeness (QED) is 0.435. The van der Waals surface area contributed by atoms with E-state index in [0.717, 1.165) is 0 Å². The van der Waals surface area contributed by atoms with Gasteiger partial charge in [-0.05, 0) is 26.3 Å². The molecule has 5 amide bonds. The van der Waals surface area contributed by atoms with Gasteiger partial charge in [0.2, 0.25) is 0 Å². The number of amides is 5. The number of urea groups is 1. The first kappa shape index (κ1) is 20.4. The molecule has 0 aromatic heterocycles. The second-order valence-corrected chi connectivity index (χ2v) is 7.13. The van der Waals surface area contributed by atoms with Crippen molar-refractivity contribution in [2.75, 3.05) is 20.1 Å². The van der Waals surface area contributed by atoms with Gasteiger partial charge in [0.1, 0.15) is 5.54 Å². The molecular weight excluding hydrogens is 350 g/mol. The molecule has 0 aliphatic carbocycles. The number of carbonyl (C=O) groups is 4. The third-order valence-corrected chi connectivity index (χ3v) is 4.15. The maximum Gasteiger partial charge on any atom is 0.344 e. The number of nitrogens with zero attached hydrogens (tertiary/aromatic N) is 1. The Hall–Kier alpha value is -2.94. The Bertz CT molecular complexity index is 737. The lowest BCUT2D eigenvalue weighted by atomic mass is 9.92. The highest BCUT2D eigenvalue weighted by molar-refractivity contribution is 6.08. The minimum absolute atomic E-state index is 0.0145. The van der Waals surface area contributed by atoms with Gasteiger partial charge in [-0.15, -0.1) is 0 Å². The summed E-state index contributed by atoms with van der Waals surface area (Å²) >= 11 is 0. The SMILES string of the molecule is CC(C)NC(=O)C[NH+](C)CC(=O)NN1C(=O)N[C@](C)(c2ccccc2)C1=O. The molecule has 1 heterocycles. The van der Waals surface area contributed by atoms with Crippen LogP contribution in [0.25, 0.3) is 0 Å². The maximum absolute atomic E-state index is 12.7. The van der Waals surface area contributed by atoms with Gasteiger partial charge in [0.15, 0.2) is 13.1 Å². The molecule has 1 aromatic rings. The molecule has 9 heteroatoms. The summed E-state index contributed by atoms with van der Waals surface area (Å²) in [5, 5.41) is 6.04. The van der Waals surface area contributed by atoms with Gasteiger partial charge in [0.25, 0.3) is 17.7 Å². The molecule has 2 rings (SSSR count). The van der Waals surface area contributed by atoms with Crippen LogP contribution in [0.2, 0.25) is 0 Å². The highest BCUT2D eigenvalue weighted by Crippen LogP contribution is 2.27. The monoisotopic (exact) mass is 376 g/mol. The second-order valence-electron chi connectivity index (χ2n) is 7.13. The standard InChI is InChI=1S/C18H25N5O4/c1-12(2)19-14(24)10-22(4)11-15(25)21-23-16(26)18(3,20-17(23)27)13-8-6-5-7-9-13/h5-9,12H,10-11H2,1-4H3,(H,19,24)(H,20,27)(H,21,25)/p+1/t18-/m1/s1. The Morgan fingerprint density at radius 3 is 2.33 bits per heavy atom. The number of nitrogens with one attached hydrogen (secondary N) is 4. The number of carbonyl (C=O) groups excluding carboxylic acids is 4. The minimum atomic E-state index is -1.25. The number of hydrazine groups is 1. The van der Waals surface area contributed by atoms with Gasteiger partial charge in [-0.1, -0.05) is 30.3 Å². The Labute approximate surface area is 158 Å². The van der Waals surface area contributed by atoms with Crippen molar-refractivity contribution in [3.05, 3.63) is 35.9 Å². The minimum Gasteiger partial charge on any atom is -0.349 e. The van der Waals surface area contributed by atoms with Gasteiger partial charge in [0.05, 0.1) is 7.05 Å². The summed E-state index contributed by atoms with van der Waals surface area (Å²) in [4.78, 5) is 49.5. The summed E-state index contributed by atoms with van der Waals surface area (Å²) in [6.45, 7) is 5.32. The van der Waals surface area contributed by atoms with E-state index >= 15 is 0 Å². The number of hydrogen-bond acceptors (Lipinski definition) is 4.